The van der Waals surface area contributed by atoms with E-state index < -0.39 is 0 Å². The maximum Gasteiger partial charge on any atom is 0.213 e. The quantitative estimate of drug-likeness (QED) is 0.892. The van der Waals surface area contributed by atoms with Crippen LogP contribution < -0.4 is 10.1 Å². The number of rotatable bonds is 4. The number of pyridine rings is 1. The van der Waals surface area contributed by atoms with E-state index in [-0.39, 0.29) is 6.10 Å². The number of hydrogen-bond donors (Lipinski definition) is 1. The van der Waals surface area contributed by atoms with Crippen LogP contribution in [0.4, 0.5) is 0 Å². The summed E-state index contributed by atoms with van der Waals surface area (Å²) in [4.78, 5) is 4.18. The van der Waals surface area contributed by atoms with Gasteiger partial charge in [0.25, 0.3) is 0 Å². The molecular weight excluding hydrogens is 345 g/mol. The molecule has 0 bridgehead atoms. The van der Waals surface area contributed by atoms with Crippen LogP contribution in [0, 0.1) is 17.2 Å². The first kappa shape index (κ1) is 17.0. The molecule has 2 heterocycles. The highest BCUT2D eigenvalue weighted by atomic mass is 35.5. The van der Waals surface area contributed by atoms with E-state index in [9.17, 15) is 0 Å². The van der Waals surface area contributed by atoms with Crippen molar-refractivity contribution in [1.29, 1.82) is 5.26 Å². The molecule has 0 spiro atoms. The molecule has 0 amide bonds. The van der Waals surface area contributed by atoms with Gasteiger partial charge in [0, 0.05) is 37.2 Å². The van der Waals surface area contributed by atoms with Crippen LogP contribution in [0.1, 0.15) is 24.0 Å². The number of hydrogen-bond acceptors (Lipinski definition) is 4. The third-order valence-electron chi connectivity index (χ3n) is 4.41. The fourth-order valence-electron chi connectivity index (χ4n) is 3.09. The Hall–Kier alpha value is -1.80. The summed E-state index contributed by atoms with van der Waals surface area (Å²) < 4.78 is 5.98. The number of ether oxygens (including phenoxy) is 1. The van der Waals surface area contributed by atoms with E-state index in [2.05, 4.69) is 10.3 Å². The maximum atomic E-state index is 8.83. The molecule has 3 atom stereocenters. The SMILES string of the molecule is C[C@H](Oc1ccc(C#N)cn1)[C@H]1CNC[C@@H]1c1ccc(Cl)c(Cl)c1. The summed E-state index contributed by atoms with van der Waals surface area (Å²) in [7, 11) is 0. The monoisotopic (exact) mass is 361 g/mol. The van der Waals surface area contributed by atoms with Gasteiger partial charge in [-0.15, -0.1) is 0 Å². The van der Waals surface area contributed by atoms with Crippen LogP contribution in [0.3, 0.4) is 0 Å². The van der Waals surface area contributed by atoms with Crippen LogP contribution in [0.5, 0.6) is 5.88 Å². The van der Waals surface area contributed by atoms with Crippen LogP contribution >= 0.6 is 23.2 Å². The van der Waals surface area contributed by atoms with Gasteiger partial charge in [-0.1, -0.05) is 29.3 Å². The summed E-state index contributed by atoms with van der Waals surface area (Å²) in [6.07, 6.45) is 1.49. The van der Waals surface area contributed by atoms with E-state index in [1.54, 1.807) is 12.1 Å². The topological polar surface area (TPSA) is 57.9 Å². The van der Waals surface area contributed by atoms with Gasteiger partial charge in [-0.25, -0.2) is 4.98 Å². The lowest BCUT2D eigenvalue weighted by atomic mass is 9.86. The van der Waals surface area contributed by atoms with E-state index in [0.29, 0.717) is 33.3 Å². The Bertz CT molecular complexity index is 758. The zero-order valence-corrected chi connectivity index (χ0v) is 14.7. The molecule has 4 nitrogen and oxygen atoms in total. The van der Waals surface area contributed by atoms with Gasteiger partial charge in [-0.05, 0) is 30.7 Å². The molecule has 0 unspecified atom stereocenters. The van der Waals surface area contributed by atoms with Gasteiger partial charge in [0.2, 0.25) is 5.88 Å². The minimum Gasteiger partial charge on any atom is -0.474 e. The molecule has 2 aromatic rings. The molecule has 1 aromatic carbocycles. The van der Waals surface area contributed by atoms with E-state index in [0.717, 1.165) is 18.7 Å². The van der Waals surface area contributed by atoms with Crippen LogP contribution in [0.2, 0.25) is 10.0 Å². The largest absolute Gasteiger partial charge is 0.474 e. The number of benzene rings is 1. The van der Waals surface area contributed by atoms with Crippen molar-refractivity contribution in [2.75, 3.05) is 13.1 Å². The second-order valence-corrected chi connectivity index (χ2v) is 6.74. The average molecular weight is 362 g/mol. The molecule has 1 aromatic heterocycles. The van der Waals surface area contributed by atoms with Crippen LogP contribution in [0.15, 0.2) is 36.5 Å². The van der Waals surface area contributed by atoms with Gasteiger partial charge in [0.05, 0.1) is 15.6 Å². The second-order valence-electron chi connectivity index (χ2n) is 5.92. The number of halogens is 2. The van der Waals surface area contributed by atoms with Crippen molar-refractivity contribution in [2.24, 2.45) is 5.92 Å². The van der Waals surface area contributed by atoms with Crippen LogP contribution in [-0.2, 0) is 0 Å². The summed E-state index contributed by atoms with van der Waals surface area (Å²) in [5.74, 6) is 1.12. The van der Waals surface area contributed by atoms with Gasteiger partial charge >= 0.3 is 0 Å². The fraction of sp³-hybridized carbons (Fsp3) is 0.333. The highest BCUT2D eigenvalue weighted by Crippen LogP contribution is 2.35. The fourth-order valence-corrected chi connectivity index (χ4v) is 3.40. The highest BCUT2D eigenvalue weighted by molar-refractivity contribution is 6.42. The molecule has 1 aliphatic heterocycles. The Kier molecular flexibility index (Phi) is 5.25. The molecule has 1 saturated heterocycles. The minimum atomic E-state index is -0.0279. The lowest BCUT2D eigenvalue weighted by Crippen LogP contribution is -2.29. The first-order chi connectivity index (χ1) is 11.6. The highest BCUT2D eigenvalue weighted by Gasteiger charge is 2.34. The molecule has 1 N–H and O–H groups in total. The van der Waals surface area contributed by atoms with Gasteiger partial charge in [-0.3, -0.25) is 0 Å². The summed E-state index contributed by atoms with van der Waals surface area (Å²) in [6.45, 7) is 3.78. The number of nitriles is 1. The van der Waals surface area contributed by atoms with E-state index >= 15 is 0 Å². The molecule has 124 valence electrons. The molecule has 1 fully saturated rings. The lowest BCUT2D eigenvalue weighted by molar-refractivity contribution is 0.145. The average Bonchev–Trinajstić information content (AvgIpc) is 3.08. The Balaban J connectivity index is 1.74. The Morgan fingerprint density at radius 1 is 1.25 bits per heavy atom. The third-order valence-corrected chi connectivity index (χ3v) is 5.15. The van der Waals surface area contributed by atoms with Crippen molar-refractivity contribution in [3.63, 3.8) is 0 Å². The van der Waals surface area contributed by atoms with Crippen molar-refractivity contribution >= 4 is 23.2 Å². The van der Waals surface area contributed by atoms with Crippen molar-refractivity contribution < 1.29 is 4.74 Å². The zero-order valence-electron chi connectivity index (χ0n) is 13.2. The summed E-state index contributed by atoms with van der Waals surface area (Å²) >= 11 is 12.2. The molecule has 3 rings (SSSR count). The Morgan fingerprint density at radius 2 is 2.08 bits per heavy atom. The van der Waals surface area contributed by atoms with Crippen LogP contribution in [0.25, 0.3) is 0 Å². The van der Waals surface area contributed by atoms with Crippen molar-refractivity contribution in [2.45, 2.75) is 18.9 Å². The van der Waals surface area contributed by atoms with Gasteiger partial charge in [0.15, 0.2) is 0 Å². The predicted molar refractivity (Wildman–Crippen MR) is 94.6 cm³/mol. The number of nitrogens with one attached hydrogen (secondary N) is 1. The second kappa shape index (κ2) is 7.40. The van der Waals surface area contributed by atoms with Crippen molar-refractivity contribution in [3.8, 4) is 11.9 Å². The lowest BCUT2D eigenvalue weighted by Gasteiger charge is -2.26. The third kappa shape index (κ3) is 3.64. The zero-order chi connectivity index (χ0) is 17.1. The molecule has 0 aliphatic carbocycles. The first-order valence-electron chi connectivity index (χ1n) is 7.77. The first-order valence-corrected chi connectivity index (χ1v) is 8.52. The molecule has 24 heavy (non-hydrogen) atoms. The van der Waals surface area contributed by atoms with E-state index in [4.69, 9.17) is 33.2 Å². The molecule has 0 radical (unpaired) electrons. The Morgan fingerprint density at radius 3 is 2.75 bits per heavy atom. The maximum absolute atomic E-state index is 8.83. The van der Waals surface area contributed by atoms with Crippen molar-refractivity contribution in [1.82, 2.24) is 10.3 Å². The summed E-state index contributed by atoms with van der Waals surface area (Å²) in [6, 6.07) is 11.3. The standard InChI is InChI=1S/C18H17Cl2N3O/c1-11(24-18-5-2-12(7-21)8-23-18)14-9-22-10-15(14)13-3-4-16(19)17(20)6-13/h2-6,8,11,14-15,22H,9-10H2,1H3/t11-,14+,15+/m0/s1. The predicted octanol–water partition coefficient (Wildman–Crippen LogP) is 4.03. The molecule has 0 saturated carbocycles. The molecule has 1 aliphatic rings. The number of nitrogens with zero attached hydrogens (tertiary/aromatic N) is 2. The summed E-state index contributed by atoms with van der Waals surface area (Å²) in [5.41, 5.74) is 1.67. The van der Waals surface area contributed by atoms with E-state index in [1.807, 2.05) is 31.2 Å². The molecular formula is C18H17Cl2N3O. The minimum absolute atomic E-state index is 0.0279. The number of aromatic nitrogens is 1. The molecule has 6 heteroatoms. The summed E-state index contributed by atoms with van der Waals surface area (Å²) in [5, 5.41) is 13.4. The van der Waals surface area contributed by atoms with Gasteiger partial charge < -0.3 is 10.1 Å². The van der Waals surface area contributed by atoms with Gasteiger partial charge in [-0.2, -0.15) is 5.26 Å². The van der Waals surface area contributed by atoms with Gasteiger partial charge in [0.1, 0.15) is 12.2 Å². The van der Waals surface area contributed by atoms with Crippen LogP contribution in [-0.4, -0.2) is 24.2 Å². The van der Waals surface area contributed by atoms with E-state index in [1.165, 1.54) is 6.20 Å². The van der Waals surface area contributed by atoms with Crippen molar-refractivity contribution in [3.05, 3.63) is 57.7 Å². The Labute approximate surface area is 151 Å². The smallest absolute Gasteiger partial charge is 0.213 e. The normalized spacial score (nSPS) is 21.2.